The molecule has 50 heavy (non-hydrogen) atoms. The van der Waals surface area contributed by atoms with Crippen LogP contribution in [0.5, 0.6) is 11.5 Å². The summed E-state index contributed by atoms with van der Waals surface area (Å²) in [6, 6.07) is 13.1. The quantitative estimate of drug-likeness (QED) is 0.381. The van der Waals surface area contributed by atoms with Crippen LogP contribution in [0.2, 0.25) is 0 Å². The molecule has 0 aromatic heterocycles. The van der Waals surface area contributed by atoms with E-state index >= 15 is 0 Å². The summed E-state index contributed by atoms with van der Waals surface area (Å²) in [5.74, 6) is 2.07. The monoisotopic (exact) mass is 682 g/mol. The van der Waals surface area contributed by atoms with Gasteiger partial charge in [-0.05, 0) is 130 Å². The summed E-state index contributed by atoms with van der Waals surface area (Å²) in [4.78, 5) is 28.5. The third-order valence-corrected chi connectivity index (χ3v) is 14.7. The first kappa shape index (κ1) is 32.5. The maximum atomic E-state index is 12.1. The number of methoxy groups -OCH3 is 2. The van der Waals surface area contributed by atoms with E-state index in [1.165, 1.54) is 22.3 Å². The fraction of sp³-hybridized carbons (Fsp3) is 0.600. The van der Waals surface area contributed by atoms with Crippen LogP contribution in [0.1, 0.15) is 67.2 Å². The second-order valence-electron chi connectivity index (χ2n) is 16.7. The van der Waals surface area contributed by atoms with Crippen LogP contribution in [0.25, 0.3) is 0 Å². The van der Waals surface area contributed by atoms with Gasteiger partial charge in [-0.25, -0.2) is 0 Å². The number of likely N-dealkylation sites (tertiary alicyclic amines) is 2. The van der Waals surface area contributed by atoms with Crippen LogP contribution in [0, 0.1) is 5.92 Å². The van der Waals surface area contributed by atoms with E-state index in [1.807, 2.05) is 12.1 Å². The van der Waals surface area contributed by atoms with Crippen molar-refractivity contribution >= 4 is 11.8 Å². The molecule has 4 heterocycles. The Morgan fingerprint density at radius 1 is 0.760 bits per heavy atom. The molecule has 4 aliphatic carbocycles. The zero-order valence-electron chi connectivity index (χ0n) is 29.6. The molecule has 2 aromatic rings. The third-order valence-electron chi connectivity index (χ3n) is 14.7. The van der Waals surface area contributed by atoms with Gasteiger partial charge >= 0.3 is 0 Å². The van der Waals surface area contributed by atoms with Gasteiger partial charge in [-0.15, -0.1) is 0 Å². The maximum Gasteiger partial charge on any atom is 0.244 e. The highest BCUT2D eigenvalue weighted by molar-refractivity contribution is 5.92. The van der Waals surface area contributed by atoms with Crippen molar-refractivity contribution in [3.05, 3.63) is 70.3 Å². The third kappa shape index (κ3) is 4.28. The largest absolute Gasteiger partial charge is 0.497 e. The predicted molar refractivity (Wildman–Crippen MR) is 187 cm³/mol. The van der Waals surface area contributed by atoms with Crippen molar-refractivity contribution in [2.75, 3.05) is 41.4 Å². The minimum Gasteiger partial charge on any atom is -0.497 e. The lowest BCUT2D eigenvalue weighted by atomic mass is 9.47. The molecule has 0 unspecified atom stereocenters. The number of aliphatic hydroxyl groups is 2. The van der Waals surface area contributed by atoms with Gasteiger partial charge in [0, 0.05) is 47.9 Å². The number of hydrogen-bond acceptors (Lipinski definition) is 8. The Balaban J connectivity index is 0.000000135. The lowest BCUT2D eigenvalue weighted by Gasteiger charge is -2.65. The van der Waals surface area contributed by atoms with E-state index in [-0.39, 0.29) is 52.7 Å². The first-order valence-electron chi connectivity index (χ1n) is 18.4. The summed E-state index contributed by atoms with van der Waals surface area (Å²) in [7, 11) is 7.62. The Morgan fingerprint density at radius 3 is 1.94 bits per heavy atom. The predicted octanol–water partition coefficient (Wildman–Crippen LogP) is 2.37. The minimum atomic E-state index is -0.839. The van der Waals surface area contributed by atoms with Gasteiger partial charge in [-0.2, -0.15) is 0 Å². The topological polar surface area (TPSA) is 124 Å². The van der Waals surface area contributed by atoms with E-state index in [1.54, 1.807) is 20.3 Å². The fourth-order valence-corrected chi connectivity index (χ4v) is 12.2. The van der Waals surface area contributed by atoms with Gasteiger partial charge in [0.1, 0.15) is 11.5 Å². The molecule has 266 valence electrons. The highest BCUT2D eigenvalue weighted by Crippen LogP contribution is 2.61. The number of hydrogen-bond donors (Lipinski definition) is 4. The van der Waals surface area contributed by atoms with Crippen molar-refractivity contribution in [3.8, 4) is 11.5 Å². The Morgan fingerprint density at radius 2 is 1.34 bits per heavy atom. The lowest BCUT2D eigenvalue weighted by molar-refractivity contribution is -0.173. The van der Waals surface area contributed by atoms with E-state index in [0.29, 0.717) is 19.3 Å². The second kappa shape index (κ2) is 11.0. The molecule has 4 N–H and O–H groups in total. The molecule has 10 nitrogen and oxygen atoms in total. The fourth-order valence-electron chi connectivity index (χ4n) is 12.2. The summed E-state index contributed by atoms with van der Waals surface area (Å²) >= 11 is 0. The van der Waals surface area contributed by atoms with E-state index in [9.17, 15) is 19.8 Å². The molecule has 10 rings (SSSR count). The number of carbonyl (C=O) groups is 2. The molecule has 2 aromatic carbocycles. The zero-order chi connectivity index (χ0) is 34.8. The van der Waals surface area contributed by atoms with Gasteiger partial charge in [0.25, 0.3) is 0 Å². The molecule has 2 amide bonds. The molecule has 9 atom stereocenters. The summed E-state index contributed by atoms with van der Waals surface area (Å²) in [5.41, 5.74) is 3.94. The smallest absolute Gasteiger partial charge is 0.244 e. The van der Waals surface area contributed by atoms with Gasteiger partial charge in [-0.1, -0.05) is 12.1 Å². The number of ether oxygens (including phenoxy) is 2. The van der Waals surface area contributed by atoms with Crippen LogP contribution in [0.3, 0.4) is 0 Å². The van der Waals surface area contributed by atoms with Crippen molar-refractivity contribution in [2.24, 2.45) is 5.92 Å². The molecule has 0 spiro atoms. The normalized spacial score (nSPS) is 40.6. The van der Waals surface area contributed by atoms with Crippen LogP contribution in [-0.2, 0) is 33.3 Å². The minimum absolute atomic E-state index is 0.0209. The molecule has 0 radical (unpaired) electrons. The molecule has 10 heteroatoms. The van der Waals surface area contributed by atoms with Gasteiger partial charge < -0.3 is 40.1 Å². The maximum absolute atomic E-state index is 12.1. The highest BCUT2D eigenvalue weighted by atomic mass is 16.5. The first-order chi connectivity index (χ1) is 23.9. The average molecular weight is 683 g/mol. The number of amides is 2. The highest BCUT2D eigenvalue weighted by Gasteiger charge is 2.67. The van der Waals surface area contributed by atoms with Gasteiger partial charge in [0.05, 0.1) is 31.5 Å². The molecular formula is C40H50N4O6. The van der Waals surface area contributed by atoms with Crippen LogP contribution in [-0.4, -0.2) is 109 Å². The van der Waals surface area contributed by atoms with Crippen molar-refractivity contribution < 1.29 is 29.3 Å². The first-order valence-corrected chi connectivity index (χ1v) is 18.4. The van der Waals surface area contributed by atoms with Gasteiger partial charge in [0.2, 0.25) is 11.8 Å². The van der Waals surface area contributed by atoms with Gasteiger partial charge in [0.15, 0.2) is 0 Å². The van der Waals surface area contributed by atoms with Crippen molar-refractivity contribution in [2.45, 2.75) is 104 Å². The van der Waals surface area contributed by atoms with Crippen LogP contribution < -0.4 is 20.1 Å². The van der Waals surface area contributed by atoms with Crippen LogP contribution in [0.4, 0.5) is 0 Å². The summed E-state index contributed by atoms with van der Waals surface area (Å²) < 4.78 is 11.0. The number of nitrogens with one attached hydrogen (secondary N) is 2. The Kier molecular flexibility index (Phi) is 7.16. The number of nitrogens with zero attached hydrogens (tertiary/aromatic N) is 2. The van der Waals surface area contributed by atoms with Gasteiger partial charge in [-0.3, -0.25) is 9.59 Å². The molecule has 8 aliphatic rings. The van der Waals surface area contributed by atoms with Crippen LogP contribution >= 0.6 is 0 Å². The average Bonchev–Trinajstić information content (AvgIpc) is 3.63. The molecule has 2 saturated carbocycles. The van der Waals surface area contributed by atoms with Crippen molar-refractivity contribution in [3.63, 3.8) is 0 Å². The molecule has 4 bridgehead atoms. The lowest BCUT2D eigenvalue weighted by Crippen LogP contribution is -2.74. The van der Waals surface area contributed by atoms with E-state index in [4.69, 9.17) is 9.47 Å². The number of benzene rings is 2. The summed E-state index contributed by atoms with van der Waals surface area (Å²) in [5, 5.41) is 30.3. The second-order valence-corrected chi connectivity index (χ2v) is 16.7. The summed E-state index contributed by atoms with van der Waals surface area (Å²) in [6.07, 6.45) is 8.68. The van der Waals surface area contributed by atoms with Crippen LogP contribution in [0.15, 0.2) is 48.0 Å². The van der Waals surface area contributed by atoms with E-state index in [2.05, 4.69) is 58.8 Å². The molecular weight excluding hydrogens is 632 g/mol. The zero-order valence-corrected chi connectivity index (χ0v) is 29.6. The number of likely N-dealkylation sites (N-methyl/N-ethyl adjacent to an activating group) is 2. The Hall–Kier alpha value is -3.44. The summed E-state index contributed by atoms with van der Waals surface area (Å²) in [6.45, 7) is 1.94. The van der Waals surface area contributed by atoms with E-state index < -0.39 is 11.2 Å². The molecule has 3 saturated heterocycles. The standard InChI is InChI=1S/C20H26N2O3.C20H24N2O3/c2*1-22-6-5-19-11-16-13(8-18(23)21-16)10-20(19,24)17(22)7-12-3-4-14(25-2)9-15(12)19/h3-4,9,13,16-17,24H,5-8,10-11H2,1-2H3,(H,21,23);3-4,8-9,16-17,24H,5-7,10-11H2,1-2H3,(H,21,23)/t13-,16+,17-,19-,20-;16-,17+,19+,20+/m10/s1. The Bertz CT molecular complexity index is 1810. The number of rotatable bonds is 2. The molecule has 4 aliphatic heterocycles. The number of fused-ring (bicyclic) bond motifs is 4. The Labute approximate surface area is 294 Å². The van der Waals surface area contributed by atoms with E-state index in [0.717, 1.165) is 68.7 Å². The SMILES string of the molecule is COc1ccc2c(c1)[C@]13CCN(C)[C@H](C2)[C@]1(O)CC1=CC(=O)N[C@H]1C3.COc1ccc2c(c1)[C@]13CCN(C)[C@H](C2)[C@]1(O)C[C@H]1CC(=O)N[C@H]1C3. The number of carbonyl (C=O) groups excluding carboxylic acids is 2. The number of piperidine rings is 2. The molecule has 5 fully saturated rings. The van der Waals surface area contributed by atoms with Crippen molar-refractivity contribution in [1.82, 2.24) is 20.4 Å². The van der Waals surface area contributed by atoms with Crippen molar-refractivity contribution in [1.29, 1.82) is 0 Å².